The molecule has 1 aromatic carbocycles. The van der Waals surface area contributed by atoms with Crippen LogP contribution < -0.4 is 10.2 Å². The van der Waals surface area contributed by atoms with Crippen LogP contribution in [0.1, 0.15) is 0 Å². The van der Waals surface area contributed by atoms with Crippen LogP contribution in [0.5, 0.6) is 0 Å². The van der Waals surface area contributed by atoms with Crippen molar-refractivity contribution in [3.8, 4) is 0 Å². The number of rotatable bonds is 4. The SMILES string of the molecule is O=C(O)CN(C(=O)Nc1cccnc1)c1ccccc1. The number of carboxylic acids is 1. The molecular formula is C14H13N3O3. The molecule has 0 spiro atoms. The Morgan fingerprint density at radius 1 is 1.15 bits per heavy atom. The minimum Gasteiger partial charge on any atom is -0.480 e. The van der Waals surface area contributed by atoms with Crippen LogP contribution >= 0.6 is 0 Å². The third kappa shape index (κ3) is 3.55. The Labute approximate surface area is 115 Å². The Morgan fingerprint density at radius 3 is 2.50 bits per heavy atom. The largest absolute Gasteiger partial charge is 0.480 e. The quantitative estimate of drug-likeness (QED) is 0.893. The summed E-state index contributed by atoms with van der Waals surface area (Å²) in [5.74, 6) is -1.09. The van der Waals surface area contributed by atoms with Gasteiger partial charge in [-0.05, 0) is 24.3 Å². The van der Waals surface area contributed by atoms with Crippen molar-refractivity contribution < 1.29 is 14.7 Å². The number of pyridine rings is 1. The van der Waals surface area contributed by atoms with Gasteiger partial charge in [-0.25, -0.2) is 4.79 Å². The van der Waals surface area contributed by atoms with Crippen molar-refractivity contribution in [2.45, 2.75) is 0 Å². The monoisotopic (exact) mass is 271 g/mol. The summed E-state index contributed by atoms with van der Waals surface area (Å²) in [5, 5.41) is 11.5. The van der Waals surface area contributed by atoms with Gasteiger partial charge in [-0.3, -0.25) is 14.7 Å². The van der Waals surface area contributed by atoms with Crippen molar-refractivity contribution >= 4 is 23.4 Å². The van der Waals surface area contributed by atoms with Gasteiger partial charge in [-0.1, -0.05) is 18.2 Å². The number of hydrogen-bond acceptors (Lipinski definition) is 3. The highest BCUT2D eigenvalue weighted by atomic mass is 16.4. The van der Waals surface area contributed by atoms with Gasteiger partial charge in [-0.15, -0.1) is 0 Å². The zero-order valence-electron chi connectivity index (χ0n) is 10.6. The van der Waals surface area contributed by atoms with E-state index < -0.39 is 18.5 Å². The number of urea groups is 1. The number of para-hydroxylation sites is 1. The van der Waals surface area contributed by atoms with Crippen molar-refractivity contribution in [1.29, 1.82) is 0 Å². The van der Waals surface area contributed by atoms with Gasteiger partial charge in [0.25, 0.3) is 0 Å². The third-order valence-electron chi connectivity index (χ3n) is 2.52. The maximum atomic E-state index is 12.2. The van der Waals surface area contributed by atoms with Gasteiger partial charge in [0.1, 0.15) is 6.54 Å². The van der Waals surface area contributed by atoms with E-state index in [2.05, 4.69) is 10.3 Å². The van der Waals surface area contributed by atoms with Gasteiger partial charge in [0.2, 0.25) is 0 Å². The lowest BCUT2D eigenvalue weighted by Crippen LogP contribution is -2.38. The fourth-order valence-corrected chi connectivity index (χ4v) is 1.65. The number of anilines is 2. The molecule has 20 heavy (non-hydrogen) atoms. The second-order valence-electron chi connectivity index (χ2n) is 3.99. The number of carbonyl (C=O) groups is 2. The van der Waals surface area contributed by atoms with Gasteiger partial charge < -0.3 is 10.4 Å². The van der Waals surface area contributed by atoms with Gasteiger partial charge in [0, 0.05) is 11.9 Å². The lowest BCUT2D eigenvalue weighted by molar-refractivity contribution is -0.135. The number of carboxylic acid groups (broad SMARTS) is 1. The second kappa shape index (κ2) is 6.33. The first-order valence-corrected chi connectivity index (χ1v) is 5.92. The minimum atomic E-state index is -1.09. The molecule has 1 aromatic heterocycles. The molecular weight excluding hydrogens is 258 g/mol. The molecule has 0 saturated heterocycles. The fraction of sp³-hybridized carbons (Fsp3) is 0.0714. The average molecular weight is 271 g/mol. The first-order valence-electron chi connectivity index (χ1n) is 5.92. The zero-order chi connectivity index (χ0) is 14.4. The number of aromatic nitrogens is 1. The van der Waals surface area contributed by atoms with E-state index in [9.17, 15) is 9.59 Å². The number of benzene rings is 1. The summed E-state index contributed by atoms with van der Waals surface area (Å²) in [7, 11) is 0. The molecule has 0 fully saturated rings. The Kier molecular flexibility index (Phi) is 4.28. The van der Waals surface area contributed by atoms with Gasteiger partial charge in [0.05, 0.1) is 11.9 Å². The summed E-state index contributed by atoms with van der Waals surface area (Å²) in [4.78, 5) is 28.1. The molecule has 0 aliphatic heterocycles. The molecule has 6 heteroatoms. The van der Waals surface area contributed by atoms with Crippen molar-refractivity contribution in [2.75, 3.05) is 16.8 Å². The van der Waals surface area contributed by atoms with E-state index in [1.54, 1.807) is 48.7 Å². The van der Waals surface area contributed by atoms with E-state index >= 15 is 0 Å². The number of hydrogen-bond donors (Lipinski definition) is 2. The molecule has 2 aromatic rings. The standard InChI is InChI=1S/C14H13N3O3/c18-13(19)10-17(12-6-2-1-3-7-12)14(20)16-11-5-4-8-15-9-11/h1-9H,10H2,(H,16,20)(H,18,19). The molecule has 0 radical (unpaired) electrons. The van der Waals surface area contributed by atoms with Gasteiger partial charge >= 0.3 is 12.0 Å². The Morgan fingerprint density at radius 2 is 1.90 bits per heavy atom. The normalized spacial score (nSPS) is 9.80. The van der Waals surface area contributed by atoms with Crippen LogP contribution in [-0.4, -0.2) is 28.6 Å². The lowest BCUT2D eigenvalue weighted by atomic mass is 10.3. The average Bonchev–Trinajstić information content (AvgIpc) is 2.46. The van der Waals surface area contributed by atoms with Crippen LogP contribution in [0.15, 0.2) is 54.9 Å². The Bertz CT molecular complexity index is 587. The highest BCUT2D eigenvalue weighted by Gasteiger charge is 2.18. The van der Waals surface area contributed by atoms with Crippen molar-refractivity contribution in [2.24, 2.45) is 0 Å². The number of nitrogens with one attached hydrogen (secondary N) is 1. The van der Waals surface area contributed by atoms with E-state index in [4.69, 9.17) is 5.11 Å². The molecule has 0 bridgehead atoms. The molecule has 0 unspecified atom stereocenters. The molecule has 6 nitrogen and oxygen atoms in total. The summed E-state index contributed by atoms with van der Waals surface area (Å²) in [6, 6.07) is 11.4. The van der Waals surface area contributed by atoms with Crippen LogP contribution in [0.3, 0.4) is 0 Å². The van der Waals surface area contributed by atoms with Gasteiger partial charge in [-0.2, -0.15) is 0 Å². The van der Waals surface area contributed by atoms with Gasteiger partial charge in [0.15, 0.2) is 0 Å². The topological polar surface area (TPSA) is 82.5 Å². The zero-order valence-corrected chi connectivity index (χ0v) is 10.6. The van der Waals surface area contributed by atoms with E-state index in [-0.39, 0.29) is 0 Å². The minimum absolute atomic E-state index is 0.421. The van der Waals surface area contributed by atoms with E-state index in [0.717, 1.165) is 4.90 Å². The maximum absolute atomic E-state index is 12.2. The van der Waals surface area contributed by atoms with Crippen LogP contribution in [0, 0.1) is 0 Å². The Hall–Kier alpha value is -2.89. The smallest absolute Gasteiger partial charge is 0.326 e. The Balaban J connectivity index is 2.18. The molecule has 0 atom stereocenters. The molecule has 0 saturated carbocycles. The molecule has 0 aliphatic rings. The van der Waals surface area contributed by atoms with Crippen LogP contribution in [-0.2, 0) is 4.79 Å². The lowest BCUT2D eigenvalue weighted by Gasteiger charge is -2.21. The highest BCUT2D eigenvalue weighted by Crippen LogP contribution is 2.15. The summed E-state index contributed by atoms with van der Waals surface area (Å²) in [6.45, 7) is -0.421. The predicted octanol–water partition coefficient (Wildman–Crippen LogP) is 2.20. The number of carbonyl (C=O) groups excluding carboxylic acids is 1. The van der Waals surface area contributed by atoms with Crippen LogP contribution in [0.2, 0.25) is 0 Å². The summed E-state index contributed by atoms with van der Waals surface area (Å²) >= 11 is 0. The van der Waals surface area contributed by atoms with E-state index in [0.29, 0.717) is 11.4 Å². The molecule has 2 rings (SSSR count). The number of aliphatic carboxylic acids is 1. The number of amides is 2. The van der Waals surface area contributed by atoms with Crippen molar-refractivity contribution in [1.82, 2.24) is 4.98 Å². The maximum Gasteiger partial charge on any atom is 0.326 e. The third-order valence-corrected chi connectivity index (χ3v) is 2.52. The van der Waals surface area contributed by atoms with Crippen LogP contribution in [0.4, 0.5) is 16.2 Å². The molecule has 1 heterocycles. The first kappa shape index (κ1) is 13.5. The van der Waals surface area contributed by atoms with E-state index in [1.807, 2.05) is 0 Å². The molecule has 2 N–H and O–H groups in total. The summed E-state index contributed by atoms with van der Waals surface area (Å²) in [5.41, 5.74) is 1.01. The van der Waals surface area contributed by atoms with E-state index in [1.165, 1.54) is 6.20 Å². The van der Waals surface area contributed by atoms with Crippen molar-refractivity contribution in [3.63, 3.8) is 0 Å². The second-order valence-corrected chi connectivity index (χ2v) is 3.99. The van der Waals surface area contributed by atoms with Crippen LogP contribution in [0.25, 0.3) is 0 Å². The predicted molar refractivity (Wildman–Crippen MR) is 74.7 cm³/mol. The summed E-state index contributed by atoms with van der Waals surface area (Å²) in [6.07, 6.45) is 3.07. The highest BCUT2D eigenvalue weighted by molar-refractivity contribution is 6.04. The number of nitrogens with zero attached hydrogens (tertiary/aromatic N) is 2. The fourth-order valence-electron chi connectivity index (χ4n) is 1.65. The first-order chi connectivity index (χ1) is 9.66. The molecule has 2 amide bonds. The van der Waals surface area contributed by atoms with Crippen molar-refractivity contribution in [3.05, 3.63) is 54.9 Å². The molecule has 0 aliphatic carbocycles. The summed E-state index contributed by atoms with van der Waals surface area (Å²) < 4.78 is 0. The molecule has 102 valence electrons.